The molecule has 0 aromatic carbocycles. The van der Waals surface area contributed by atoms with E-state index >= 15 is 0 Å². The number of likely N-dealkylation sites (N-methyl/N-ethyl adjacent to an activating group) is 1. The number of hydrogen-bond acceptors (Lipinski definition) is 4. The molecule has 0 aliphatic carbocycles. The van der Waals surface area contributed by atoms with E-state index in [1.54, 1.807) is 25.1 Å². The van der Waals surface area contributed by atoms with Gasteiger partial charge in [0.1, 0.15) is 5.82 Å². The molecule has 2 rings (SSSR count). The van der Waals surface area contributed by atoms with Crippen LogP contribution in [0.2, 0.25) is 0 Å². The van der Waals surface area contributed by atoms with Gasteiger partial charge in [-0.25, -0.2) is 4.98 Å². The Hall–Kier alpha value is -2.24. The van der Waals surface area contributed by atoms with Crippen LogP contribution in [-0.2, 0) is 6.42 Å². The predicted molar refractivity (Wildman–Crippen MR) is 66.0 cm³/mol. The van der Waals surface area contributed by atoms with Crippen LogP contribution in [0.4, 0.5) is 0 Å². The first kappa shape index (κ1) is 12.2. The second-order valence-electron chi connectivity index (χ2n) is 4.04. The zero-order valence-corrected chi connectivity index (χ0v) is 10.4. The van der Waals surface area contributed by atoms with Crippen LogP contribution in [0.15, 0.2) is 24.4 Å². The molecular weight excluding hydrogens is 230 g/mol. The number of carbonyl (C=O) groups excluding carboxylic acids is 1. The Balaban J connectivity index is 1.92. The summed E-state index contributed by atoms with van der Waals surface area (Å²) in [5.74, 6) is 0.655. The van der Waals surface area contributed by atoms with Gasteiger partial charge in [-0.1, -0.05) is 6.07 Å². The number of carbonyl (C=O) groups is 1. The van der Waals surface area contributed by atoms with Gasteiger partial charge in [0.25, 0.3) is 5.91 Å². The third kappa shape index (κ3) is 2.91. The Bertz CT molecular complexity index is 522. The highest BCUT2D eigenvalue weighted by atomic mass is 16.2. The van der Waals surface area contributed by atoms with Gasteiger partial charge in [-0.2, -0.15) is 0 Å². The highest BCUT2D eigenvalue weighted by Gasteiger charge is 2.15. The average molecular weight is 245 g/mol. The minimum Gasteiger partial charge on any atom is -0.339 e. The van der Waals surface area contributed by atoms with Gasteiger partial charge in [-0.3, -0.25) is 14.9 Å². The van der Waals surface area contributed by atoms with Crippen LogP contribution in [0.1, 0.15) is 22.1 Å². The molecule has 6 heteroatoms. The molecular formula is C12H15N5O. The molecule has 0 saturated heterocycles. The van der Waals surface area contributed by atoms with Crippen molar-refractivity contribution in [3.8, 4) is 0 Å². The molecule has 0 aliphatic rings. The Labute approximate surface area is 105 Å². The van der Waals surface area contributed by atoms with Gasteiger partial charge in [-0.05, 0) is 19.1 Å². The fourth-order valence-corrected chi connectivity index (χ4v) is 1.54. The summed E-state index contributed by atoms with van der Waals surface area (Å²) < 4.78 is 0. The summed E-state index contributed by atoms with van der Waals surface area (Å²) in [4.78, 5) is 21.8. The smallest absolute Gasteiger partial charge is 0.293 e. The van der Waals surface area contributed by atoms with E-state index in [1.807, 2.05) is 18.2 Å². The molecule has 0 unspecified atom stereocenters. The van der Waals surface area contributed by atoms with E-state index in [1.165, 1.54) is 0 Å². The number of nitrogens with one attached hydrogen (secondary N) is 1. The number of aromatic nitrogens is 4. The molecule has 0 aliphatic heterocycles. The molecule has 6 nitrogen and oxygen atoms in total. The second kappa shape index (κ2) is 5.39. The van der Waals surface area contributed by atoms with E-state index < -0.39 is 0 Å². The molecule has 94 valence electrons. The third-order valence-electron chi connectivity index (χ3n) is 2.56. The van der Waals surface area contributed by atoms with Gasteiger partial charge >= 0.3 is 0 Å². The second-order valence-corrected chi connectivity index (χ2v) is 4.04. The van der Waals surface area contributed by atoms with E-state index in [9.17, 15) is 4.79 Å². The number of H-pyrrole nitrogens is 1. The van der Waals surface area contributed by atoms with Crippen molar-refractivity contribution >= 4 is 5.91 Å². The first-order valence-electron chi connectivity index (χ1n) is 5.71. The van der Waals surface area contributed by atoms with Gasteiger partial charge in [0.05, 0.1) is 0 Å². The molecule has 0 spiro atoms. The summed E-state index contributed by atoms with van der Waals surface area (Å²) >= 11 is 0. The van der Waals surface area contributed by atoms with E-state index in [0.29, 0.717) is 18.8 Å². The summed E-state index contributed by atoms with van der Waals surface area (Å²) in [5.41, 5.74) is 0.961. The monoisotopic (exact) mass is 245 g/mol. The maximum Gasteiger partial charge on any atom is 0.293 e. The predicted octanol–water partition coefficient (Wildman–Crippen LogP) is 0.823. The first-order chi connectivity index (χ1) is 8.66. The van der Waals surface area contributed by atoms with E-state index in [0.717, 1.165) is 5.69 Å². The number of aryl methyl sites for hydroxylation is 1. The first-order valence-corrected chi connectivity index (χ1v) is 5.71. The molecule has 0 radical (unpaired) electrons. The Morgan fingerprint density at radius 3 is 2.89 bits per heavy atom. The quantitative estimate of drug-likeness (QED) is 0.865. The Morgan fingerprint density at radius 2 is 2.28 bits per heavy atom. The number of hydrogen-bond donors (Lipinski definition) is 1. The highest BCUT2D eigenvalue weighted by molar-refractivity contribution is 5.90. The lowest BCUT2D eigenvalue weighted by molar-refractivity contribution is 0.0784. The molecule has 0 fully saturated rings. The fraction of sp³-hybridized carbons (Fsp3) is 0.333. The topological polar surface area (TPSA) is 74.8 Å². The van der Waals surface area contributed by atoms with Crippen molar-refractivity contribution in [1.29, 1.82) is 0 Å². The Morgan fingerprint density at radius 1 is 1.44 bits per heavy atom. The lowest BCUT2D eigenvalue weighted by atomic mass is 10.2. The van der Waals surface area contributed by atoms with Crippen molar-refractivity contribution in [2.45, 2.75) is 13.3 Å². The zero-order chi connectivity index (χ0) is 13.0. The van der Waals surface area contributed by atoms with Crippen LogP contribution >= 0.6 is 0 Å². The molecule has 0 bridgehead atoms. The Kier molecular flexibility index (Phi) is 3.66. The lowest BCUT2D eigenvalue weighted by Gasteiger charge is -2.14. The van der Waals surface area contributed by atoms with Crippen LogP contribution in [0.3, 0.4) is 0 Å². The molecule has 18 heavy (non-hydrogen) atoms. The van der Waals surface area contributed by atoms with Crippen molar-refractivity contribution in [3.63, 3.8) is 0 Å². The largest absolute Gasteiger partial charge is 0.339 e. The van der Waals surface area contributed by atoms with Gasteiger partial charge in [-0.15, -0.1) is 5.10 Å². The summed E-state index contributed by atoms with van der Waals surface area (Å²) in [6.45, 7) is 2.35. The van der Waals surface area contributed by atoms with Crippen molar-refractivity contribution < 1.29 is 4.79 Å². The normalized spacial score (nSPS) is 10.3. The van der Waals surface area contributed by atoms with Crippen molar-refractivity contribution in [3.05, 3.63) is 41.7 Å². The average Bonchev–Trinajstić information content (AvgIpc) is 2.83. The van der Waals surface area contributed by atoms with Crippen LogP contribution in [0.5, 0.6) is 0 Å². The molecule has 2 heterocycles. The number of aromatic amines is 1. The maximum atomic E-state index is 11.9. The van der Waals surface area contributed by atoms with E-state index in [4.69, 9.17) is 0 Å². The summed E-state index contributed by atoms with van der Waals surface area (Å²) in [5, 5.41) is 6.51. The van der Waals surface area contributed by atoms with Crippen LogP contribution in [0, 0.1) is 6.92 Å². The summed E-state index contributed by atoms with van der Waals surface area (Å²) in [6.07, 6.45) is 2.46. The van der Waals surface area contributed by atoms with E-state index in [-0.39, 0.29) is 11.7 Å². The van der Waals surface area contributed by atoms with Crippen LogP contribution in [-0.4, -0.2) is 44.6 Å². The van der Waals surface area contributed by atoms with E-state index in [2.05, 4.69) is 20.2 Å². The summed E-state index contributed by atoms with van der Waals surface area (Å²) in [6, 6.07) is 5.74. The third-order valence-corrected chi connectivity index (χ3v) is 2.56. The highest BCUT2D eigenvalue weighted by Crippen LogP contribution is 2.00. The molecule has 2 aromatic heterocycles. The van der Waals surface area contributed by atoms with Crippen molar-refractivity contribution in [2.24, 2.45) is 0 Å². The van der Waals surface area contributed by atoms with Gasteiger partial charge < -0.3 is 4.90 Å². The number of amides is 1. The van der Waals surface area contributed by atoms with Crippen LogP contribution < -0.4 is 0 Å². The number of pyridine rings is 1. The SMILES string of the molecule is Cc1nc(C(=O)N(C)CCc2ccccn2)n[nH]1. The molecule has 2 aromatic rings. The van der Waals surface area contributed by atoms with Gasteiger partial charge in [0, 0.05) is 31.9 Å². The van der Waals surface area contributed by atoms with Crippen molar-refractivity contribution in [2.75, 3.05) is 13.6 Å². The molecule has 1 amide bonds. The lowest BCUT2D eigenvalue weighted by Crippen LogP contribution is -2.29. The molecule has 0 saturated carbocycles. The number of rotatable bonds is 4. The maximum absolute atomic E-state index is 11.9. The van der Waals surface area contributed by atoms with Gasteiger partial charge in [0.2, 0.25) is 5.82 Å². The summed E-state index contributed by atoms with van der Waals surface area (Å²) in [7, 11) is 1.73. The fourth-order valence-electron chi connectivity index (χ4n) is 1.54. The van der Waals surface area contributed by atoms with Crippen molar-refractivity contribution in [1.82, 2.24) is 25.1 Å². The minimum absolute atomic E-state index is 0.185. The van der Waals surface area contributed by atoms with Crippen LogP contribution in [0.25, 0.3) is 0 Å². The standard InChI is InChI=1S/C12H15N5O/c1-9-14-11(16-15-9)12(18)17(2)8-6-10-5-3-4-7-13-10/h3-5,7H,6,8H2,1-2H3,(H,14,15,16). The zero-order valence-electron chi connectivity index (χ0n) is 10.4. The van der Waals surface area contributed by atoms with Gasteiger partial charge in [0.15, 0.2) is 0 Å². The molecule has 1 N–H and O–H groups in total. The number of nitrogens with zero attached hydrogens (tertiary/aromatic N) is 4. The molecule has 0 atom stereocenters. The minimum atomic E-state index is -0.185.